The number of ether oxygens (including phenoxy) is 3. The molecule has 1 N–H and O–H groups in total. The molecule has 7 heteroatoms. The van der Waals surface area contributed by atoms with E-state index in [1.165, 1.54) is 4.90 Å². The van der Waals surface area contributed by atoms with Gasteiger partial charge >= 0.3 is 0 Å². The minimum absolute atomic E-state index is 0.0641. The van der Waals surface area contributed by atoms with Gasteiger partial charge in [-0.3, -0.25) is 9.59 Å². The third-order valence-corrected chi connectivity index (χ3v) is 5.37. The molecular weight excluding hydrogens is 422 g/mol. The highest BCUT2D eigenvalue weighted by molar-refractivity contribution is 6.46. The molecule has 2 aromatic carbocycles. The first-order valence-corrected chi connectivity index (χ1v) is 11.2. The highest BCUT2D eigenvalue weighted by Gasteiger charge is 2.45. The maximum absolute atomic E-state index is 13.1. The average molecular weight is 454 g/mol. The van der Waals surface area contributed by atoms with Gasteiger partial charge < -0.3 is 24.2 Å². The van der Waals surface area contributed by atoms with Crippen LogP contribution in [0.15, 0.2) is 54.1 Å². The van der Waals surface area contributed by atoms with E-state index < -0.39 is 17.7 Å². The quantitative estimate of drug-likeness (QED) is 0.236. The Hall–Kier alpha value is -3.32. The number of rotatable bonds is 11. The first kappa shape index (κ1) is 24.3. The first-order chi connectivity index (χ1) is 16.0. The van der Waals surface area contributed by atoms with Crippen molar-refractivity contribution in [3.63, 3.8) is 0 Å². The summed E-state index contributed by atoms with van der Waals surface area (Å²) in [6.07, 6.45) is 1.41. The second-order valence-corrected chi connectivity index (χ2v) is 7.72. The lowest BCUT2D eigenvalue weighted by atomic mass is 9.95. The molecule has 1 atom stereocenters. The van der Waals surface area contributed by atoms with E-state index in [9.17, 15) is 14.7 Å². The number of Topliss-reactive ketones (excluding diaryl/α,β-unsaturated/α-hetero) is 1. The van der Waals surface area contributed by atoms with Crippen LogP contribution in [-0.4, -0.2) is 55.2 Å². The lowest BCUT2D eigenvalue weighted by Crippen LogP contribution is -2.31. The second-order valence-electron chi connectivity index (χ2n) is 7.72. The fraction of sp³-hybridized carbons (Fsp3) is 0.385. The number of likely N-dealkylation sites (tertiary alicyclic amines) is 1. The van der Waals surface area contributed by atoms with Crippen LogP contribution in [0, 0.1) is 0 Å². The summed E-state index contributed by atoms with van der Waals surface area (Å²) in [5, 5.41) is 11.2. The Balaban J connectivity index is 2.06. The smallest absolute Gasteiger partial charge is 0.295 e. The van der Waals surface area contributed by atoms with Crippen molar-refractivity contribution in [2.24, 2.45) is 0 Å². The van der Waals surface area contributed by atoms with E-state index in [-0.39, 0.29) is 11.3 Å². The Morgan fingerprint density at radius 3 is 2.42 bits per heavy atom. The molecule has 3 rings (SSSR count). The van der Waals surface area contributed by atoms with Gasteiger partial charge in [-0.05, 0) is 49.6 Å². The summed E-state index contributed by atoms with van der Waals surface area (Å²) in [6.45, 7) is 5.76. The summed E-state index contributed by atoms with van der Waals surface area (Å²) >= 11 is 0. The van der Waals surface area contributed by atoms with Gasteiger partial charge in [0.1, 0.15) is 17.3 Å². The standard InChI is InChI=1S/C26H31NO6/c1-4-15-33-21-9-6-8-19(17-21)24(28)22-23(18-10-12-20(13-11-18)32-5-2)27(14-7-16-31-3)26(30)25(22)29/h6,8-13,17,23,28H,4-5,7,14-16H2,1-3H3/b24-22-. The van der Waals surface area contributed by atoms with Crippen molar-refractivity contribution >= 4 is 17.4 Å². The normalized spacial score (nSPS) is 17.4. The van der Waals surface area contributed by atoms with E-state index in [0.29, 0.717) is 49.8 Å². The summed E-state index contributed by atoms with van der Waals surface area (Å²) in [5.74, 6) is -0.275. The average Bonchev–Trinajstić information content (AvgIpc) is 3.08. The third-order valence-electron chi connectivity index (χ3n) is 5.37. The molecule has 33 heavy (non-hydrogen) atoms. The number of ketones is 1. The predicted molar refractivity (Wildman–Crippen MR) is 125 cm³/mol. The van der Waals surface area contributed by atoms with Crippen LogP contribution in [0.4, 0.5) is 0 Å². The fourth-order valence-corrected chi connectivity index (χ4v) is 3.86. The Kier molecular flexibility index (Phi) is 8.49. The zero-order chi connectivity index (χ0) is 23.8. The van der Waals surface area contributed by atoms with E-state index in [1.54, 1.807) is 43.5 Å². The van der Waals surface area contributed by atoms with E-state index in [1.807, 2.05) is 26.0 Å². The topological polar surface area (TPSA) is 85.3 Å². The summed E-state index contributed by atoms with van der Waals surface area (Å²) < 4.78 is 16.3. The van der Waals surface area contributed by atoms with Crippen LogP contribution in [0.5, 0.6) is 11.5 Å². The SMILES string of the molecule is CCCOc1cccc(/C(O)=C2/C(=O)C(=O)N(CCCOC)C2c2ccc(OCC)cc2)c1. The van der Waals surface area contributed by atoms with Crippen molar-refractivity contribution in [1.82, 2.24) is 4.90 Å². The largest absolute Gasteiger partial charge is 0.507 e. The number of methoxy groups -OCH3 is 1. The van der Waals surface area contributed by atoms with Gasteiger partial charge in [0.2, 0.25) is 0 Å². The number of carbonyl (C=O) groups excluding carboxylic acids is 2. The fourth-order valence-electron chi connectivity index (χ4n) is 3.86. The van der Waals surface area contributed by atoms with E-state index >= 15 is 0 Å². The lowest BCUT2D eigenvalue weighted by Gasteiger charge is -2.25. The minimum Gasteiger partial charge on any atom is -0.507 e. The molecular formula is C26H31NO6. The van der Waals surface area contributed by atoms with Gasteiger partial charge in [-0.25, -0.2) is 0 Å². The summed E-state index contributed by atoms with van der Waals surface area (Å²) in [7, 11) is 1.59. The van der Waals surface area contributed by atoms with Crippen molar-refractivity contribution in [3.05, 3.63) is 65.2 Å². The van der Waals surface area contributed by atoms with Gasteiger partial charge in [-0.1, -0.05) is 31.2 Å². The monoisotopic (exact) mass is 453 g/mol. The highest BCUT2D eigenvalue weighted by atomic mass is 16.5. The van der Waals surface area contributed by atoms with Crippen LogP contribution in [0.1, 0.15) is 43.9 Å². The molecule has 176 valence electrons. The van der Waals surface area contributed by atoms with Crippen LogP contribution in [0.2, 0.25) is 0 Å². The Bertz CT molecular complexity index is 998. The molecule has 1 saturated heterocycles. The number of benzene rings is 2. The van der Waals surface area contributed by atoms with Crippen LogP contribution >= 0.6 is 0 Å². The van der Waals surface area contributed by atoms with Gasteiger partial charge in [0.15, 0.2) is 0 Å². The Labute approximate surface area is 194 Å². The number of nitrogens with zero attached hydrogens (tertiary/aromatic N) is 1. The number of hydrogen-bond donors (Lipinski definition) is 1. The van der Waals surface area contributed by atoms with Crippen LogP contribution in [0.25, 0.3) is 5.76 Å². The van der Waals surface area contributed by atoms with Crippen molar-refractivity contribution in [3.8, 4) is 11.5 Å². The van der Waals surface area contributed by atoms with Crippen molar-refractivity contribution in [2.45, 2.75) is 32.7 Å². The van der Waals surface area contributed by atoms with Gasteiger partial charge in [0, 0.05) is 25.8 Å². The molecule has 0 saturated carbocycles. The van der Waals surface area contributed by atoms with Crippen LogP contribution < -0.4 is 9.47 Å². The van der Waals surface area contributed by atoms with Crippen LogP contribution in [-0.2, 0) is 14.3 Å². The molecule has 1 amide bonds. The van der Waals surface area contributed by atoms with Gasteiger partial charge in [-0.15, -0.1) is 0 Å². The molecule has 0 spiro atoms. The minimum atomic E-state index is -0.710. The molecule has 1 unspecified atom stereocenters. The van der Waals surface area contributed by atoms with Crippen molar-refractivity contribution in [1.29, 1.82) is 0 Å². The zero-order valence-electron chi connectivity index (χ0n) is 19.4. The molecule has 1 aliphatic heterocycles. The number of aliphatic hydroxyl groups is 1. The van der Waals surface area contributed by atoms with Crippen molar-refractivity contribution < 1.29 is 28.9 Å². The summed E-state index contributed by atoms with van der Waals surface area (Å²) in [6, 6.07) is 13.4. The number of amides is 1. The molecule has 1 heterocycles. The van der Waals surface area contributed by atoms with Gasteiger partial charge in [0.05, 0.1) is 24.8 Å². The maximum Gasteiger partial charge on any atom is 0.295 e. The van der Waals surface area contributed by atoms with E-state index in [0.717, 1.165) is 12.0 Å². The van der Waals surface area contributed by atoms with E-state index in [2.05, 4.69) is 0 Å². The van der Waals surface area contributed by atoms with Gasteiger partial charge in [-0.2, -0.15) is 0 Å². The predicted octanol–water partition coefficient (Wildman–Crippen LogP) is 4.33. The summed E-state index contributed by atoms with van der Waals surface area (Å²) in [4.78, 5) is 27.5. The first-order valence-electron chi connectivity index (χ1n) is 11.2. The Morgan fingerprint density at radius 2 is 1.76 bits per heavy atom. The van der Waals surface area contributed by atoms with E-state index in [4.69, 9.17) is 14.2 Å². The second kappa shape index (κ2) is 11.5. The molecule has 0 bridgehead atoms. The molecule has 2 aromatic rings. The molecule has 7 nitrogen and oxygen atoms in total. The summed E-state index contributed by atoms with van der Waals surface area (Å²) in [5.41, 5.74) is 1.21. The number of hydrogen-bond acceptors (Lipinski definition) is 6. The van der Waals surface area contributed by atoms with Crippen LogP contribution in [0.3, 0.4) is 0 Å². The molecule has 0 aromatic heterocycles. The highest BCUT2D eigenvalue weighted by Crippen LogP contribution is 2.40. The number of aliphatic hydroxyl groups excluding tert-OH is 1. The zero-order valence-corrected chi connectivity index (χ0v) is 19.4. The molecule has 0 radical (unpaired) electrons. The number of carbonyl (C=O) groups is 2. The Morgan fingerprint density at radius 1 is 1.00 bits per heavy atom. The molecule has 0 aliphatic carbocycles. The van der Waals surface area contributed by atoms with Gasteiger partial charge in [0.25, 0.3) is 11.7 Å². The third kappa shape index (κ3) is 5.54. The lowest BCUT2D eigenvalue weighted by molar-refractivity contribution is -0.140. The molecule has 1 aliphatic rings. The maximum atomic E-state index is 13.1. The van der Waals surface area contributed by atoms with Crippen molar-refractivity contribution in [2.75, 3.05) is 33.5 Å². The molecule has 1 fully saturated rings.